The highest BCUT2D eigenvalue weighted by molar-refractivity contribution is 7.88. The van der Waals surface area contributed by atoms with E-state index >= 15 is 0 Å². The molecule has 4 nitrogen and oxygen atoms in total. The molecule has 2 aromatic carbocycles. The van der Waals surface area contributed by atoms with Crippen LogP contribution in [0.3, 0.4) is 0 Å². The molecule has 0 heterocycles. The number of nitrogens with zero attached hydrogens (tertiary/aromatic N) is 1. The summed E-state index contributed by atoms with van der Waals surface area (Å²) in [6.07, 6.45) is 0.559. The largest absolute Gasteiger partial charge is 0.496 e. The lowest BCUT2D eigenvalue weighted by molar-refractivity contribution is 0.405. The third kappa shape index (κ3) is 4.77. The van der Waals surface area contributed by atoms with Crippen molar-refractivity contribution in [2.45, 2.75) is 12.2 Å². The van der Waals surface area contributed by atoms with Crippen LogP contribution >= 0.6 is 0 Å². The highest BCUT2D eigenvalue weighted by atomic mass is 32.2. The van der Waals surface area contributed by atoms with Crippen LogP contribution in [0.1, 0.15) is 11.1 Å². The van der Waals surface area contributed by atoms with E-state index < -0.39 is 10.0 Å². The lowest BCUT2D eigenvalue weighted by Crippen LogP contribution is -2.30. The first-order valence-electron chi connectivity index (χ1n) is 7.23. The summed E-state index contributed by atoms with van der Waals surface area (Å²) in [5, 5.41) is 0. The zero-order valence-electron chi connectivity index (χ0n) is 13.2. The van der Waals surface area contributed by atoms with Crippen LogP contribution in [0.15, 0.2) is 48.5 Å². The topological polar surface area (TPSA) is 46.6 Å². The van der Waals surface area contributed by atoms with Crippen molar-refractivity contribution in [1.82, 2.24) is 4.31 Å². The quantitative estimate of drug-likeness (QED) is 0.780. The van der Waals surface area contributed by atoms with E-state index in [1.165, 1.54) is 28.6 Å². The van der Waals surface area contributed by atoms with Gasteiger partial charge in [0, 0.05) is 13.6 Å². The van der Waals surface area contributed by atoms with Gasteiger partial charge in [-0.05, 0) is 35.7 Å². The van der Waals surface area contributed by atoms with Crippen molar-refractivity contribution in [2.24, 2.45) is 0 Å². The molecule has 0 atom stereocenters. The minimum Gasteiger partial charge on any atom is -0.496 e. The fourth-order valence-corrected chi connectivity index (χ4v) is 3.43. The molecule has 2 aromatic rings. The van der Waals surface area contributed by atoms with Crippen molar-refractivity contribution in [1.29, 1.82) is 0 Å². The van der Waals surface area contributed by atoms with Crippen LogP contribution in [0.2, 0.25) is 0 Å². The van der Waals surface area contributed by atoms with Gasteiger partial charge in [0.05, 0.1) is 12.9 Å². The summed E-state index contributed by atoms with van der Waals surface area (Å²) in [6, 6.07) is 13.0. The number of halogens is 1. The van der Waals surface area contributed by atoms with Crippen molar-refractivity contribution in [3.8, 4) is 5.75 Å². The Labute approximate surface area is 136 Å². The summed E-state index contributed by atoms with van der Waals surface area (Å²) in [5.41, 5.74) is 1.52. The first-order valence-corrected chi connectivity index (χ1v) is 8.83. The summed E-state index contributed by atoms with van der Waals surface area (Å²) in [6.45, 7) is 0.351. The van der Waals surface area contributed by atoms with Gasteiger partial charge in [0.25, 0.3) is 0 Å². The Bertz CT molecular complexity index is 745. The van der Waals surface area contributed by atoms with Gasteiger partial charge < -0.3 is 4.74 Å². The summed E-state index contributed by atoms with van der Waals surface area (Å²) >= 11 is 0. The van der Waals surface area contributed by atoms with Crippen LogP contribution in [-0.2, 0) is 22.2 Å². The molecule has 0 bridgehead atoms. The Hall–Kier alpha value is -1.92. The molecule has 0 N–H and O–H groups in total. The molecule has 0 radical (unpaired) electrons. The van der Waals surface area contributed by atoms with E-state index in [0.29, 0.717) is 18.5 Å². The van der Waals surface area contributed by atoms with Crippen molar-refractivity contribution >= 4 is 10.0 Å². The van der Waals surface area contributed by atoms with E-state index in [-0.39, 0.29) is 11.6 Å². The van der Waals surface area contributed by atoms with E-state index in [1.54, 1.807) is 14.2 Å². The Morgan fingerprint density at radius 2 is 1.74 bits per heavy atom. The number of para-hydroxylation sites is 1. The maximum atomic E-state index is 12.9. The highest BCUT2D eigenvalue weighted by Crippen LogP contribution is 2.19. The van der Waals surface area contributed by atoms with E-state index in [2.05, 4.69) is 0 Å². The number of ether oxygens (including phenoxy) is 1. The molecule has 0 saturated heterocycles. The number of rotatable bonds is 7. The zero-order chi connectivity index (χ0) is 16.9. The smallest absolute Gasteiger partial charge is 0.218 e. The van der Waals surface area contributed by atoms with Gasteiger partial charge in [-0.15, -0.1) is 0 Å². The first kappa shape index (κ1) is 17.4. The molecule has 0 unspecified atom stereocenters. The Morgan fingerprint density at radius 1 is 1.09 bits per heavy atom. The first-order chi connectivity index (χ1) is 10.9. The standard InChI is InChI=1S/C17H20FNO3S/c1-19(12-11-15-5-3-4-6-17(15)22-2)23(20,21)13-14-7-9-16(18)10-8-14/h3-10H,11-13H2,1-2H3. The van der Waals surface area contributed by atoms with Gasteiger partial charge in [-0.3, -0.25) is 0 Å². The number of hydrogen-bond acceptors (Lipinski definition) is 3. The summed E-state index contributed by atoms with van der Waals surface area (Å²) in [4.78, 5) is 0. The minimum atomic E-state index is -3.45. The van der Waals surface area contributed by atoms with E-state index in [0.717, 1.165) is 11.3 Å². The molecule has 6 heteroatoms. The molecular weight excluding hydrogens is 317 g/mol. The van der Waals surface area contributed by atoms with Gasteiger partial charge in [0.1, 0.15) is 11.6 Å². The monoisotopic (exact) mass is 337 g/mol. The summed E-state index contributed by atoms with van der Waals surface area (Å²) < 4.78 is 44.2. The van der Waals surface area contributed by atoms with Crippen molar-refractivity contribution in [3.05, 3.63) is 65.5 Å². The van der Waals surface area contributed by atoms with Gasteiger partial charge in [-0.1, -0.05) is 30.3 Å². The van der Waals surface area contributed by atoms with Gasteiger partial charge in [0.15, 0.2) is 0 Å². The predicted molar refractivity (Wildman–Crippen MR) is 88.4 cm³/mol. The van der Waals surface area contributed by atoms with Crippen LogP contribution in [0.25, 0.3) is 0 Å². The van der Waals surface area contributed by atoms with E-state index in [9.17, 15) is 12.8 Å². The van der Waals surface area contributed by atoms with Crippen molar-refractivity contribution in [2.75, 3.05) is 20.7 Å². The third-order valence-corrected chi connectivity index (χ3v) is 5.46. The molecule has 0 aliphatic carbocycles. The molecule has 0 amide bonds. The average molecular weight is 337 g/mol. The summed E-state index contributed by atoms with van der Waals surface area (Å²) in [5.74, 6) is 0.225. The van der Waals surface area contributed by atoms with Gasteiger partial charge in [-0.2, -0.15) is 0 Å². The fraction of sp³-hybridized carbons (Fsp3) is 0.294. The molecular formula is C17H20FNO3S. The lowest BCUT2D eigenvalue weighted by Gasteiger charge is -2.18. The Balaban J connectivity index is 2.01. The molecule has 0 aliphatic heterocycles. The SMILES string of the molecule is COc1ccccc1CCN(C)S(=O)(=O)Cc1ccc(F)cc1. The second-order valence-corrected chi connectivity index (χ2v) is 7.34. The second-order valence-electron chi connectivity index (χ2n) is 5.27. The number of sulfonamides is 1. The van der Waals surface area contributed by atoms with Crippen molar-refractivity contribution in [3.63, 3.8) is 0 Å². The van der Waals surface area contributed by atoms with E-state index in [1.807, 2.05) is 24.3 Å². The normalized spacial score (nSPS) is 11.7. The molecule has 0 aromatic heterocycles. The minimum absolute atomic E-state index is 0.143. The second kappa shape index (κ2) is 7.57. The molecule has 0 spiro atoms. The zero-order valence-corrected chi connectivity index (χ0v) is 14.0. The number of likely N-dealkylation sites (N-methyl/N-ethyl adjacent to an activating group) is 1. The van der Waals surface area contributed by atoms with Gasteiger partial charge in [-0.25, -0.2) is 17.1 Å². The molecule has 0 fully saturated rings. The van der Waals surface area contributed by atoms with Crippen LogP contribution in [0.4, 0.5) is 4.39 Å². The van der Waals surface area contributed by atoms with Crippen LogP contribution < -0.4 is 4.74 Å². The average Bonchev–Trinajstić information content (AvgIpc) is 2.54. The van der Waals surface area contributed by atoms with Crippen molar-refractivity contribution < 1.29 is 17.5 Å². The van der Waals surface area contributed by atoms with E-state index in [4.69, 9.17) is 4.74 Å². The molecule has 0 aliphatic rings. The molecule has 0 saturated carbocycles. The number of hydrogen-bond donors (Lipinski definition) is 0. The predicted octanol–water partition coefficient (Wildman–Crippen LogP) is 2.84. The molecule has 124 valence electrons. The van der Waals surface area contributed by atoms with Crippen LogP contribution in [-0.4, -0.2) is 33.4 Å². The maximum absolute atomic E-state index is 12.9. The number of methoxy groups -OCH3 is 1. The lowest BCUT2D eigenvalue weighted by atomic mass is 10.1. The third-order valence-electron chi connectivity index (χ3n) is 3.63. The van der Waals surface area contributed by atoms with Gasteiger partial charge in [0.2, 0.25) is 10.0 Å². The highest BCUT2D eigenvalue weighted by Gasteiger charge is 2.18. The summed E-state index contributed by atoms with van der Waals surface area (Å²) in [7, 11) is -0.305. The fourth-order valence-electron chi connectivity index (χ4n) is 2.23. The van der Waals surface area contributed by atoms with Gasteiger partial charge >= 0.3 is 0 Å². The molecule has 23 heavy (non-hydrogen) atoms. The molecule has 2 rings (SSSR count). The van der Waals surface area contributed by atoms with Crippen LogP contribution in [0.5, 0.6) is 5.75 Å². The van der Waals surface area contributed by atoms with Crippen LogP contribution in [0, 0.1) is 5.82 Å². The maximum Gasteiger partial charge on any atom is 0.218 e. The number of benzene rings is 2. The Morgan fingerprint density at radius 3 is 2.39 bits per heavy atom. The Kier molecular flexibility index (Phi) is 5.74.